The van der Waals surface area contributed by atoms with Gasteiger partial charge in [-0.3, -0.25) is 0 Å². The van der Waals surface area contributed by atoms with Crippen molar-refractivity contribution in [2.45, 2.75) is 25.8 Å². The van der Waals surface area contributed by atoms with Crippen molar-refractivity contribution < 1.29 is 4.39 Å². The van der Waals surface area contributed by atoms with E-state index in [9.17, 15) is 4.39 Å². The molecule has 1 N–H and O–H groups in total. The third kappa shape index (κ3) is 2.50. The van der Waals surface area contributed by atoms with Crippen LogP contribution in [0.5, 0.6) is 0 Å². The number of pyridine rings is 1. The molecule has 3 nitrogen and oxygen atoms in total. The molecule has 0 bridgehead atoms. The molecule has 0 spiro atoms. The lowest BCUT2D eigenvalue weighted by molar-refractivity contribution is 0.433. The summed E-state index contributed by atoms with van der Waals surface area (Å²) in [5.74, 6) is 0.596. The summed E-state index contributed by atoms with van der Waals surface area (Å²) >= 11 is 0. The van der Waals surface area contributed by atoms with Gasteiger partial charge in [-0.2, -0.15) is 0 Å². The molecule has 88 valence electrons. The van der Waals surface area contributed by atoms with Gasteiger partial charge in [-0.1, -0.05) is 0 Å². The summed E-state index contributed by atoms with van der Waals surface area (Å²) in [6.07, 6.45) is 3.66. The highest BCUT2D eigenvalue weighted by Crippen LogP contribution is 2.18. The average Bonchev–Trinajstić information content (AvgIpc) is 2.34. The smallest absolute Gasteiger partial charge is 0.141 e. The first-order valence-corrected chi connectivity index (χ1v) is 5.90. The maximum atomic E-state index is 12.8. The van der Waals surface area contributed by atoms with Crippen LogP contribution in [-0.2, 0) is 0 Å². The van der Waals surface area contributed by atoms with Crippen molar-refractivity contribution in [1.29, 1.82) is 0 Å². The van der Waals surface area contributed by atoms with Crippen molar-refractivity contribution >= 4 is 5.82 Å². The van der Waals surface area contributed by atoms with Crippen LogP contribution in [0.1, 0.15) is 19.8 Å². The van der Waals surface area contributed by atoms with Crippen LogP contribution in [0, 0.1) is 5.82 Å². The molecular formula is C12H18FN3. The molecule has 1 fully saturated rings. The fraction of sp³-hybridized carbons (Fsp3) is 0.583. The van der Waals surface area contributed by atoms with Crippen LogP contribution >= 0.6 is 0 Å². The van der Waals surface area contributed by atoms with Gasteiger partial charge in [0.05, 0.1) is 6.20 Å². The van der Waals surface area contributed by atoms with Gasteiger partial charge in [-0.25, -0.2) is 9.37 Å². The lowest BCUT2D eigenvalue weighted by Crippen LogP contribution is -2.46. The van der Waals surface area contributed by atoms with Crippen LogP contribution in [-0.4, -0.2) is 30.7 Å². The third-order valence-electron chi connectivity index (χ3n) is 3.06. The van der Waals surface area contributed by atoms with Gasteiger partial charge in [0.25, 0.3) is 0 Å². The summed E-state index contributed by atoms with van der Waals surface area (Å²) in [6, 6.07) is 3.71. The minimum absolute atomic E-state index is 0.276. The Morgan fingerprint density at radius 2 is 2.44 bits per heavy atom. The first kappa shape index (κ1) is 11.3. The fourth-order valence-corrected chi connectivity index (χ4v) is 2.24. The predicted octanol–water partition coefficient (Wildman–Crippen LogP) is 1.80. The van der Waals surface area contributed by atoms with Gasteiger partial charge in [0.1, 0.15) is 11.6 Å². The van der Waals surface area contributed by atoms with Gasteiger partial charge < -0.3 is 10.2 Å². The van der Waals surface area contributed by atoms with E-state index in [-0.39, 0.29) is 5.82 Å². The van der Waals surface area contributed by atoms with E-state index in [2.05, 4.69) is 22.1 Å². The molecule has 2 heterocycles. The number of rotatable bonds is 3. The predicted molar refractivity (Wildman–Crippen MR) is 63.1 cm³/mol. The Bertz CT molecular complexity index is 320. The Morgan fingerprint density at radius 3 is 3.00 bits per heavy atom. The van der Waals surface area contributed by atoms with Crippen LogP contribution in [0.4, 0.5) is 10.2 Å². The van der Waals surface area contributed by atoms with Crippen LogP contribution < -0.4 is 10.2 Å². The Kier molecular flexibility index (Phi) is 3.72. The number of nitrogens with one attached hydrogen (secondary N) is 1. The van der Waals surface area contributed by atoms with E-state index in [0.29, 0.717) is 6.04 Å². The molecule has 2 rings (SSSR count). The summed E-state index contributed by atoms with van der Waals surface area (Å²) in [4.78, 5) is 6.39. The Hall–Kier alpha value is -1.16. The molecule has 1 aromatic rings. The zero-order chi connectivity index (χ0) is 11.4. The third-order valence-corrected chi connectivity index (χ3v) is 3.06. The van der Waals surface area contributed by atoms with E-state index in [0.717, 1.165) is 25.5 Å². The van der Waals surface area contributed by atoms with Gasteiger partial charge in [-0.05, 0) is 38.4 Å². The maximum Gasteiger partial charge on any atom is 0.141 e. The van der Waals surface area contributed by atoms with Crippen LogP contribution in [0.15, 0.2) is 18.3 Å². The number of aromatic nitrogens is 1. The van der Waals surface area contributed by atoms with Gasteiger partial charge in [-0.15, -0.1) is 0 Å². The number of hydrogen-bond acceptors (Lipinski definition) is 3. The number of likely N-dealkylation sites (N-methyl/N-ethyl adjacent to an activating group) is 1. The van der Waals surface area contributed by atoms with E-state index >= 15 is 0 Å². The molecule has 4 heteroatoms. The fourth-order valence-electron chi connectivity index (χ4n) is 2.24. The molecule has 1 aromatic heterocycles. The van der Waals surface area contributed by atoms with Crippen molar-refractivity contribution in [3.05, 3.63) is 24.1 Å². The van der Waals surface area contributed by atoms with E-state index in [1.165, 1.54) is 25.1 Å². The zero-order valence-corrected chi connectivity index (χ0v) is 9.62. The maximum absolute atomic E-state index is 12.8. The molecule has 1 aliphatic rings. The molecule has 0 aromatic carbocycles. The lowest BCUT2D eigenvalue weighted by atomic mass is 10.1. The number of nitrogens with zero attached hydrogens (tertiary/aromatic N) is 2. The molecule has 0 saturated carbocycles. The summed E-state index contributed by atoms with van der Waals surface area (Å²) < 4.78 is 12.8. The first-order chi connectivity index (χ1) is 7.81. The molecule has 0 amide bonds. The lowest BCUT2D eigenvalue weighted by Gasteiger charge is -2.34. The minimum Gasteiger partial charge on any atom is -0.353 e. The van der Waals surface area contributed by atoms with Gasteiger partial charge in [0, 0.05) is 19.1 Å². The van der Waals surface area contributed by atoms with Crippen molar-refractivity contribution in [1.82, 2.24) is 10.3 Å². The van der Waals surface area contributed by atoms with Gasteiger partial charge >= 0.3 is 0 Å². The second-order valence-corrected chi connectivity index (χ2v) is 4.12. The number of anilines is 1. The molecule has 0 aliphatic carbocycles. The Labute approximate surface area is 95.7 Å². The number of halogens is 1. The van der Waals surface area contributed by atoms with Crippen molar-refractivity contribution in [3.63, 3.8) is 0 Å². The Balaban J connectivity index is 2.11. The van der Waals surface area contributed by atoms with Gasteiger partial charge in [0.2, 0.25) is 0 Å². The highest BCUT2D eigenvalue weighted by atomic mass is 19.1. The quantitative estimate of drug-likeness (QED) is 0.847. The van der Waals surface area contributed by atoms with Gasteiger partial charge in [0.15, 0.2) is 0 Å². The topological polar surface area (TPSA) is 28.2 Å². The molecule has 1 unspecified atom stereocenters. The second kappa shape index (κ2) is 5.25. The summed E-state index contributed by atoms with van der Waals surface area (Å²) in [5, 5.41) is 3.39. The molecule has 1 aliphatic heterocycles. The minimum atomic E-state index is -0.276. The molecule has 0 radical (unpaired) electrons. The normalized spacial score (nSPS) is 20.8. The van der Waals surface area contributed by atoms with E-state index < -0.39 is 0 Å². The molecule has 16 heavy (non-hydrogen) atoms. The largest absolute Gasteiger partial charge is 0.353 e. The second-order valence-electron chi connectivity index (χ2n) is 4.12. The van der Waals surface area contributed by atoms with Crippen molar-refractivity contribution in [3.8, 4) is 0 Å². The van der Waals surface area contributed by atoms with Crippen LogP contribution in [0.25, 0.3) is 0 Å². The summed E-state index contributed by atoms with van der Waals surface area (Å²) in [5.41, 5.74) is 0. The number of piperidine rings is 1. The molecule has 1 saturated heterocycles. The van der Waals surface area contributed by atoms with Crippen molar-refractivity contribution in [2.24, 2.45) is 0 Å². The van der Waals surface area contributed by atoms with Crippen molar-refractivity contribution in [2.75, 3.05) is 24.5 Å². The van der Waals surface area contributed by atoms with Crippen LogP contribution in [0.2, 0.25) is 0 Å². The highest BCUT2D eigenvalue weighted by molar-refractivity contribution is 5.39. The highest BCUT2D eigenvalue weighted by Gasteiger charge is 2.20. The van der Waals surface area contributed by atoms with Crippen LogP contribution in [0.3, 0.4) is 0 Å². The zero-order valence-electron chi connectivity index (χ0n) is 9.62. The van der Waals surface area contributed by atoms with E-state index in [1.54, 1.807) is 6.07 Å². The standard InChI is InChI=1S/C12H18FN3/c1-2-16(11-4-3-7-14-9-11)12-6-5-10(13)8-15-12/h5-6,8,11,14H,2-4,7,9H2,1H3. The van der Waals surface area contributed by atoms with E-state index in [1.807, 2.05) is 0 Å². The van der Waals surface area contributed by atoms with E-state index in [4.69, 9.17) is 0 Å². The SMILES string of the molecule is CCN(c1ccc(F)cn1)C1CCCNC1. The molecular weight excluding hydrogens is 205 g/mol. The Morgan fingerprint density at radius 1 is 1.56 bits per heavy atom. The average molecular weight is 223 g/mol. The molecule has 1 atom stereocenters. The first-order valence-electron chi connectivity index (χ1n) is 5.90. The number of hydrogen-bond donors (Lipinski definition) is 1. The monoisotopic (exact) mass is 223 g/mol. The summed E-state index contributed by atoms with van der Waals surface area (Å²) in [6.45, 7) is 5.11. The summed E-state index contributed by atoms with van der Waals surface area (Å²) in [7, 11) is 0.